The van der Waals surface area contributed by atoms with Gasteiger partial charge in [-0.1, -0.05) is 12.1 Å². The number of aliphatic hydroxyl groups excluding tert-OH is 1. The summed E-state index contributed by atoms with van der Waals surface area (Å²) in [7, 11) is 0. The zero-order valence-electron chi connectivity index (χ0n) is 12.6. The molecule has 0 unspecified atom stereocenters. The van der Waals surface area contributed by atoms with Crippen LogP contribution in [0.2, 0.25) is 0 Å². The molecule has 0 radical (unpaired) electrons. The van der Waals surface area contributed by atoms with Crippen LogP contribution in [0.4, 0.5) is 5.82 Å². The molecule has 6 nitrogen and oxygen atoms in total. The molecule has 2 N–H and O–H groups in total. The first kappa shape index (κ1) is 14.0. The molecule has 0 bridgehead atoms. The van der Waals surface area contributed by atoms with Crippen molar-refractivity contribution < 1.29 is 10.2 Å². The highest BCUT2D eigenvalue weighted by atomic mass is 16.3. The predicted octanol–water partition coefficient (Wildman–Crippen LogP) is 2.06. The van der Waals surface area contributed by atoms with E-state index in [1.165, 1.54) is 0 Å². The average Bonchev–Trinajstić information content (AvgIpc) is 3.22. The van der Waals surface area contributed by atoms with Crippen LogP contribution in [0.1, 0.15) is 12.8 Å². The number of hydrogen-bond donors (Lipinski definition) is 2. The molecule has 1 aliphatic heterocycles. The SMILES string of the molecule is OC[C@@H]1CCCN1c1ccnc2c(-c3ccc(O)cc3)cnn12. The summed E-state index contributed by atoms with van der Waals surface area (Å²) in [6.45, 7) is 1.06. The van der Waals surface area contributed by atoms with Gasteiger partial charge >= 0.3 is 0 Å². The molecule has 4 rings (SSSR count). The van der Waals surface area contributed by atoms with E-state index < -0.39 is 0 Å². The van der Waals surface area contributed by atoms with E-state index in [2.05, 4.69) is 15.0 Å². The van der Waals surface area contributed by atoms with Crippen LogP contribution >= 0.6 is 0 Å². The number of aromatic nitrogens is 3. The minimum Gasteiger partial charge on any atom is -0.508 e. The zero-order chi connectivity index (χ0) is 15.8. The van der Waals surface area contributed by atoms with E-state index in [0.717, 1.165) is 42.0 Å². The molecule has 2 aromatic heterocycles. The molecule has 3 heterocycles. The molecule has 6 heteroatoms. The standard InChI is InChI=1S/C17H18N4O2/c22-11-13-2-1-9-20(13)16-7-8-18-17-15(10-19-21(16)17)12-3-5-14(23)6-4-12/h3-8,10,13,22-23H,1-2,9,11H2/t13-/m0/s1. The van der Waals surface area contributed by atoms with Gasteiger partial charge in [0.25, 0.3) is 0 Å². The second-order valence-electron chi connectivity index (χ2n) is 5.82. The van der Waals surface area contributed by atoms with Gasteiger partial charge < -0.3 is 15.1 Å². The highest BCUT2D eigenvalue weighted by Crippen LogP contribution is 2.30. The van der Waals surface area contributed by atoms with Gasteiger partial charge in [0.2, 0.25) is 0 Å². The van der Waals surface area contributed by atoms with Gasteiger partial charge in [-0.05, 0) is 36.6 Å². The maximum atomic E-state index is 9.57. The Morgan fingerprint density at radius 3 is 2.78 bits per heavy atom. The molecule has 3 aromatic rings. The quantitative estimate of drug-likeness (QED) is 0.774. The van der Waals surface area contributed by atoms with E-state index >= 15 is 0 Å². The molecule has 0 amide bonds. The average molecular weight is 310 g/mol. The Kier molecular flexibility index (Phi) is 3.38. The van der Waals surface area contributed by atoms with Gasteiger partial charge in [-0.25, -0.2) is 4.98 Å². The Labute approximate surface area is 133 Å². The van der Waals surface area contributed by atoms with E-state index in [0.29, 0.717) is 0 Å². The highest BCUT2D eigenvalue weighted by Gasteiger charge is 2.26. The Morgan fingerprint density at radius 2 is 2.00 bits per heavy atom. The Hall–Kier alpha value is -2.60. The van der Waals surface area contributed by atoms with Crippen molar-refractivity contribution >= 4 is 11.5 Å². The van der Waals surface area contributed by atoms with Crippen LogP contribution in [0.15, 0.2) is 42.7 Å². The Bertz CT molecular complexity index is 828. The topological polar surface area (TPSA) is 73.9 Å². The lowest BCUT2D eigenvalue weighted by Gasteiger charge is -2.25. The molecule has 0 spiro atoms. The number of aromatic hydroxyl groups is 1. The number of fused-ring (bicyclic) bond motifs is 1. The van der Waals surface area contributed by atoms with Crippen LogP contribution in [0, 0.1) is 0 Å². The van der Waals surface area contributed by atoms with E-state index in [9.17, 15) is 10.2 Å². The third-order valence-electron chi connectivity index (χ3n) is 4.44. The molecule has 1 saturated heterocycles. The molecule has 1 aliphatic rings. The van der Waals surface area contributed by atoms with Gasteiger partial charge in [-0.3, -0.25) is 0 Å². The van der Waals surface area contributed by atoms with Crippen molar-refractivity contribution in [1.29, 1.82) is 0 Å². The summed E-state index contributed by atoms with van der Waals surface area (Å²) in [5.74, 6) is 1.19. The van der Waals surface area contributed by atoms with Crippen molar-refractivity contribution in [2.45, 2.75) is 18.9 Å². The second-order valence-corrected chi connectivity index (χ2v) is 5.82. The minimum atomic E-state index is 0.141. The van der Waals surface area contributed by atoms with E-state index in [4.69, 9.17) is 0 Å². The summed E-state index contributed by atoms with van der Waals surface area (Å²) < 4.78 is 1.83. The fraction of sp³-hybridized carbons (Fsp3) is 0.294. The molecular formula is C17H18N4O2. The van der Waals surface area contributed by atoms with Crippen LogP contribution in [0.3, 0.4) is 0 Å². The predicted molar refractivity (Wildman–Crippen MR) is 87.5 cm³/mol. The monoisotopic (exact) mass is 310 g/mol. The van der Waals surface area contributed by atoms with Crippen molar-refractivity contribution in [3.05, 3.63) is 42.7 Å². The van der Waals surface area contributed by atoms with Gasteiger partial charge in [0.1, 0.15) is 11.6 Å². The molecule has 23 heavy (non-hydrogen) atoms. The molecule has 0 saturated carbocycles. The number of aliphatic hydroxyl groups is 1. The van der Waals surface area contributed by atoms with E-state index in [1.54, 1.807) is 24.5 Å². The molecule has 1 atom stereocenters. The van der Waals surface area contributed by atoms with Crippen LogP contribution in [0.25, 0.3) is 16.8 Å². The van der Waals surface area contributed by atoms with Gasteiger partial charge in [0.05, 0.1) is 18.8 Å². The molecule has 118 valence electrons. The number of phenols is 1. The Balaban J connectivity index is 1.82. The fourth-order valence-corrected chi connectivity index (χ4v) is 3.27. The lowest BCUT2D eigenvalue weighted by Crippen LogP contribution is -2.33. The van der Waals surface area contributed by atoms with Crippen LogP contribution in [0.5, 0.6) is 5.75 Å². The first-order valence-corrected chi connectivity index (χ1v) is 7.77. The largest absolute Gasteiger partial charge is 0.508 e. The number of benzene rings is 1. The number of nitrogens with zero attached hydrogens (tertiary/aromatic N) is 4. The smallest absolute Gasteiger partial charge is 0.165 e. The number of anilines is 1. The maximum absolute atomic E-state index is 9.57. The van der Waals surface area contributed by atoms with Crippen LogP contribution in [-0.2, 0) is 0 Å². The van der Waals surface area contributed by atoms with Crippen molar-refractivity contribution in [2.75, 3.05) is 18.1 Å². The van der Waals surface area contributed by atoms with Crippen molar-refractivity contribution in [3.63, 3.8) is 0 Å². The minimum absolute atomic E-state index is 0.141. The Morgan fingerprint density at radius 1 is 1.17 bits per heavy atom. The summed E-state index contributed by atoms with van der Waals surface area (Å²) in [5, 5.41) is 23.5. The maximum Gasteiger partial charge on any atom is 0.165 e. The fourth-order valence-electron chi connectivity index (χ4n) is 3.27. The summed E-state index contributed by atoms with van der Waals surface area (Å²) in [4.78, 5) is 6.67. The van der Waals surface area contributed by atoms with E-state index in [1.807, 2.05) is 22.7 Å². The van der Waals surface area contributed by atoms with Crippen LogP contribution in [-0.4, -0.2) is 44.0 Å². The summed E-state index contributed by atoms with van der Waals surface area (Å²) in [5.41, 5.74) is 2.66. The van der Waals surface area contributed by atoms with Gasteiger partial charge in [0.15, 0.2) is 5.65 Å². The second kappa shape index (κ2) is 5.55. The third kappa shape index (κ3) is 2.31. The molecule has 1 fully saturated rings. The summed E-state index contributed by atoms with van der Waals surface area (Å²) in [6, 6.07) is 9.10. The number of hydrogen-bond acceptors (Lipinski definition) is 5. The third-order valence-corrected chi connectivity index (χ3v) is 4.44. The molecular weight excluding hydrogens is 292 g/mol. The zero-order valence-corrected chi connectivity index (χ0v) is 12.6. The van der Waals surface area contributed by atoms with Gasteiger partial charge in [-0.15, -0.1) is 0 Å². The van der Waals surface area contributed by atoms with E-state index in [-0.39, 0.29) is 18.4 Å². The molecule has 0 aliphatic carbocycles. The van der Waals surface area contributed by atoms with Crippen molar-refractivity contribution in [3.8, 4) is 16.9 Å². The first-order valence-electron chi connectivity index (χ1n) is 7.77. The van der Waals surface area contributed by atoms with Crippen LogP contribution < -0.4 is 4.90 Å². The summed E-state index contributed by atoms with van der Waals surface area (Å²) >= 11 is 0. The first-order chi connectivity index (χ1) is 11.3. The number of phenolic OH excluding ortho intramolecular Hbond substituents is 1. The lowest BCUT2D eigenvalue weighted by atomic mass is 10.1. The van der Waals surface area contributed by atoms with Gasteiger partial charge in [0, 0.05) is 18.3 Å². The van der Waals surface area contributed by atoms with Crippen molar-refractivity contribution in [2.24, 2.45) is 0 Å². The van der Waals surface area contributed by atoms with Gasteiger partial charge in [-0.2, -0.15) is 9.61 Å². The number of rotatable bonds is 3. The normalized spacial score (nSPS) is 18.0. The lowest BCUT2D eigenvalue weighted by molar-refractivity contribution is 0.265. The molecule has 1 aromatic carbocycles. The highest BCUT2D eigenvalue weighted by molar-refractivity contribution is 5.78. The van der Waals surface area contributed by atoms with Crippen molar-refractivity contribution in [1.82, 2.24) is 14.6 Å². The summed E-state index contributed by atoms with van der Waals surface area (Å²) in [6.07, 6.45) is 5.64.